The summed E-state index contributed by atoms with van der Waals surface area (Å²) in [6.07, 6.45) is 51.5. The van der Waals surface area contributed by atoms with E-state index in [0.717, 1.165) is 109 Å². The molecule has 1 heterocycles. The predicted octanol–water partition coefficient (Wildman–Crippen LogP) is 15.3. The molecule has 12 nitrogen and oxygen atoms in total. The van der Waals surface area contributed by atoms with Gasteiger partial charge < -0.3 is 39.0 Å². The molecule has 6 atom stereocenters. The van der Waals surface area contributed by atoms with Gasteiger partial charge in [-0.15, -0.1) is 0 Å². The third-order valence-corrected chi connectivity index (χ3v) is 13.3. The van der Waals surface area contributed by atoms with Gasteiger partial charge in [0, 0.05) is 19.3 Å². The van der Waals surface area contributed by atoms with Crippen molar-refractivity contribution in [2.24, 2.45) is 0 Å². The molecule has 0 radical (unpaired) electrons. The smallest absolute Gasteiger partial charge is 0.335 e. The van der Waals surface area contributed by atoms with Crippen molar-refractivity contribution in [2.45, 2.75) is 289 Å². The number of carboxylic acid groups (broad SMARTS) is 1. The molecule has 6 unspecified atom stereocenters. The maximum atomic E-state index is 13.1. The number of hydrogen-bond acceptors (Lipinski definition) is 11. The highest BCUT2D eigenvalue weighted by molar-refractivity contribution is 5.74. The zero-order chi connectivity index (χ0) is 54.7. The number of hydrogen-bond donors (Lipinski definition) is 3. The van der Waals surface area contributed by atoms with E-state index >= 15 is 0 Å². The van der Waals surface area contributed by atoms with Gasteiger partial charge in [0.2, 0.25) is 0 Å². The van der Waals surface area contributed by atoms with E-state index < -0.39 is 67.3 Å². The highest BCUT2D eigenvalue weighted by Gasteiger charge is 2.50. The number of aliphatic hydroxyl groups excluding tert-OH is 2. The summed E-state index contributed by atoms with van der Waals surface area (Å²) in [5.74, 6) is -3.16. The number of allylic oxidation sites excluding steroid dienone is 12. The van der Waals surface area contributed by atoms with Gasteiger partial charge in [0.1, 0.15) is 18.8 Å². The van der Waals surface area contributed by atoms with Crippen molar-refractivity contribution in [2.75, 3.05) is 13.2 Å². The third-order valence-electron chi connectivity index (χ3n) is 13.3. The van der Waals surface area contributed by atoms with Gasteiger partial charge in [-0.1, -0.05) is 216 Å². The SMILES string of the molecule is CC/C=C\C/C=C\C/C=C\C/C=C\C/C=C\CCCCCC(=O)OC1C(OCC(COC(=O)CCCCCCC/C=C\CCCCCC)OC(=O)CCCCCCCCCCCCCCC)OC(C(=O)O)C(O)C1O. The molecule has 0 bridgehead atoms. The van der Waals surface area contributed by atoms with Crippen molar-refractivity contribution < 1.29 is 58.2 Å². The summed E-state index contributed by atoms with van der Waals surface area (Å²) in [7, 11) is 0. The Kier molecular flexibility index (Phi) is 47.0. The van der Waals surface area contributed by atoms with Crippen LogP contribution in [0.1, 0.15) is 252 Å². The first-order chi connectivity index (χ1) is 36.6. The standard InChI is InChI=1S/C63H106O12/c1-4-7-10-13-16-19-22-25-26-27-28-29-30-33-36-39-42-45-48-51-57(66)74-61-59(68)58(67)60(62(69)70)75-63(61)72-53-54(73-56(65)50-47-44-41-38-35-32-24-21-18-15-12-9-6-3)52-71-55(64)49-46-43-40-37-34-31-23-20-17-14-11-8-5-2/h7,10,16,19-20,23,25-26,28-29,33,36,54,58-61,63,67-68H,4-6,8-9,11-15,17-18,21-22,24,27,30-32,34-35,37-53H2,1-3H3,(H,69,70)/b10-7-,19-16-,23-20-,26-25-,29-28-,36-33-. The minimum absolute atomic E-state index is 0.0199. The second kappa shape index (κ2) is 50.9. The van der Waals surface area contributed by atoms with Gasteiger partial charge in [-0.3, -0.25) is 14.4 Å². The first-order valence-electron chi connectivity index (χ1n) is 29.9. The molecule has 1 aliphatic rings. The second-order valence-electron chi connectivity index (χ2n) is 20.3. The summed E-state index contributed by atoms with van der Waals surface area (Å²) >= 11 is 0. The van der Waals surface area contributed by atoms with Gasteiger partial charge in [0.25, 0.3) is 0 Å². The lowest BCUT2D eigenvalue weighted by Gasteiger charge is -2.40. The number of carbonyl (C=O) groups is 4. The molecule has 1 fully saturated rings. The number of unbranched alkanes of at least 4 members (excludes halogenated alkanes) is 24. The molecule has 1 rings (SSSR count). The lowest BCUT2D eigenvalue weighted by Crippen LogP contribution is -2.61. The van der Waals surface area contributed by atoms with Crippen LogP contribution in [0.2, 0.25) is 0 Å². The summed E-state index contributed by atoms with van der Waals surface area (Å²) in [6, 6.07) is 0. The van der Waals surface area contributed by atoms with E-state index in [-0.39, 0.29) is 25.9 Å². The summed E-state index contributed by atoms with van der Waals surface area (Å²) in [4.78, 5) is 51.1. The maximum Gasteiger partial charge on any atom is 0.335 e. The minimum atomic E-state index is -1.92. The quantitative estimate of drug-likeness (QED) is 0.0228. The number of carboxylic acids is 1. The van der Waals surface area contributed by atoms with Crippen molar-refractivity contribution in [1.29, 1.82) is 0 Å². The number of esters is 3. The Bertz CT molecular complexity index is 1580. The van der Waals surface area contributed by atoms with Crippen LogP contribution in [-0.4, -0.2) is 89.2 Å². The fourth-order valence-electron chi connectivity index (χ4n) is 8.68. The molecule has 1 saturated heterocycles. The van der Waals surface area contributed by atoms with E-state index in [1.165, 1.54) is 83.5 Å². The maximum absolute atomic E-state index is 13.1. The van der Waals surface area contributed by atoms with Crippen molar-refractivity contribution in [1.82, 2.24) is 0 Å². The van der Waals surface area contributed by atoms with Crippen LogP contribution < -0.4 is 0 Å². The number of aliphatic carboxylic acids is 1. The molecular weight excluding hydrogens is 949 g/mol. The molecule has 0 amide bonds. The van der Waals surface area contributed by atoms with Crippen LogP contribution in [-0.2, 0) is 42.9 Å². The molecule has 1 aliphatic heterocycles. The largest absolute Gasteiger partial charge is 0.479 e. The average molecular weight is 1060 g/mol. The van der Waals surface area contributed by atoms with Crippen LogP contribution in [0.15, 0.2) is 72.9 Å². The molecule has 0 aromatic carbocycles. The monoisotopic (exact) mass is 1050 g/mol. The van der Waals surface area contributed by atoms with E-state index in [9.17, 15) is 34.5 Å². The molecule has 430 valence electrons. The average Bonchev–Trinajstić information content (AvgIpc) is 3.39. The highest BCUT2D eigenvalue weighted by atomic mass is 16.7. The van der Waals surface area contributed by atoms with Crippen molar-refractivity contribution in [3.8, 4) is 0 Å². The van der Waals surface area contributed by atoms with Crippen LogP contribution in [0.25, 0.3) is 0 Å². The van der Waals surface area contributed by atoms with Crippen LogP contribution >= 0.6 is 0 Å². The second-order valence-corrected chi connectivity index (χ2v) is 20.3. The van der Waals surface area contributed by atoms with Crippen molar-refractivity contribution in [3.63, 3.8) is 0 Å². The number of rotatable bonds is 50. The molecule has 12 heteroatoms. The van der Waals surface area contributed by atoms with E-state index in [1.54, 1.807) is 0 Å². The van der Waals surface area contributed by atoms with Gasteiger partial charge >= 0.3 is 23.9 Å². The summed E-state index contributed by atoms with van der Waals surface area (Å²) in [6.45, 7) is 5.85. The molecule has 0 saturated carbocycles. The first-order valence-corrected chi connectivity index (χ1v) is 29.9. The summed E-state index contributed by atoms with van der Waals surface area (Å²) in [5.41, 5.74) is 0. The van der Waals surface area contributed by atoms with Gasteiger partial charge in [0.05, 0.1) is 6.61 Å². The molecule has 0 aromatic rings. The highest BCUT2D eigenvalue weighted by Crippen LogP contribution is 2.26. The zero-order valence-electron chi connectivity index (χ0n) is 47.3. The lowest BCUT2D eigenvalue weighted by atomic mass is 9.98. The number of carbonyl (C=O) groups excluding carboxylic acids is 3. The Balaban J connectivity index is 2.70. The summed E-state index contributed by atoms with van der Waals surface area (Å²) < 4.78 is 28.4. The van der Waals surface area contributed by atoms with Gasteiger partial charge in [0.15, 0.2) is 24.6 Å². The van der Waals surface area contributed by atoms with Crippen LogP contribution in [0.4, 0.5) is 0 Å². The Morgan fingerprint density at radius 2 is 0.840 bits per heavy atom. The number of aliphatic hydroxyl groups is 2. The van der Waals surface area contributed by atoms with Crippen LogP contribution in [0.5, 0.6) is 0 Å². The lowest BCUT2D eigenvalue weighted by molar-refractivity contribution is -0.301. The predicted molar refractivity (Wildman–Crippen MR) is 303 cm³/mol. The Morgan fingerprint density at radius 1 is 0.453 bits per heavy atom. The van der Waals surface area contributed by atoms with Gasteiger partial charge in [-0.25, -0.2) is 4.79 Å². The summed E-state index contributed by atoms with van der Waals surface area (Å²) in [5, 5.41) is 31.5. The van der Waals surface area contributed by atoms with Crippen molar-refractivity contribution >= 4 is 23.9 Å². The third kappa shape index (κ3) is 41.0. The molecule has 3 N–H and O–H groups in total. The molecule has 0 aromatic heterocycles. The zero-order valence-corrected chi connectivity index (χ0v) is 47.3. The van der Waals surface area contributed by atoms with Gasteiger partial charge in [-0.2, -0.15) is 0 Å². The van der Waals surface area contributed by atoms with E-state index in [0.29, 0.717) is 19.3 Å². The van der Waals surface area contributed by atoms with Gasteiger partial charge in [-0.05, 0) is 89.9 Å². The molecule has 75 heavy (non-hydrogen) atoms. The molecule has 0 aliphatic carbocycles. The van der Waals surface area contributed by atoms with E-state index in [2.05, 4.69) is 93.7 Å². The van der Waals surface area contributed by atoms with E-state index in [1.807, 2.05) is 0 Å². The Morgan fingerprint density at radius 3 is 1.32 bits per heavy atom. The Labute approximate surface area is 455 Å². The molecule has 0 spiro atoms. The minimum Gasteiger partial charge on any atom is -0.479 e. The first kappa shape index (κ1) is 69.2. The van der Waals surface area contributed by atoms with Crippen LogP contribution in [0, 0.1) is 0 Å². The topological polar surface area (TPSA) is 175 Å². The fraction of sp³-hybridized carbons (Fsp3) is 0.746. The van der Waals surface area contributed by atoms with Crippen LogP contribution in [0.3, 0.4) is 0 Å². The molecular formula is C63H106O12. The Hall–Kier alpha value is -3.84. The van der Waals surface area contributed by atoms with E-state index in [4.69, 9.17) is 23.7 Å². The number of ether oxygens (including phenoxy) is 5. The fourth-order valence-corrected chi connectivity index (χ4v) is 8.68. The van der Waals surface area contributed by atoms with Crippen molar-refractivity contribution in [3.05, 3.63) is 72.9 Å². The normalized spacial score (nSPS) is 18.7.